The van der Waals surface area contributed by atoms with E-state index in [1.165, 1.54) is 25.1 Å². The maximum Gasteiger partial charge on any atom is 0.414 e. The number of sulfonamides is 1. The number of rotatable bonds is 3. The minimum atomic E-state index is -3.88. The standard InChI is InChI=1S/C19H27FN4O4S/c1-18(2,3)28-17(25)22-16-23-19(4,14-9-13(21)7-8-15(14)20)11-29(26,27)24(16)10-12-5-6-12/h7-9,12H,5-6,10-11,21H2,1-4H3,(H,22,23,25)/t19-/m0/s1. The zero-order chi connectivity index (χ0) is 21.6. The number of carbonyl (C=O) groups is 1. The number of benzene rings is 1. The van der Waals surface area contributed by atoms with Crippen LogP contribution in [0.5, 0.6) is 0 Å². The summed E-state index contributed by atoms with van der Waals surface area (Å²) in [5.74, 6) is -1.01. The van der Waals surface area contributed by atoms with Crippen molar-refractivity contribution in [2.75, 3.05) is 18.0 Å². The zero-order valence-electron chi connectivity index (χ0n) is 17.0. The Hall–Kier alpha value is -2.36. The molecule has 1 heterocycles. The lowest BCUT2D eigenvalue weighted by molar-refractivity contribution is 0.0558. The second-order valence-corrected chi connectivity index (χ2v) is 10.7. The first-order valence-corrected chi connectivity index (χ1v) is 11.1. The molecule has 1 atom stereocenters. The van der Waals surface area contributed by atoms with Gasteiger partial charge >= 0.3 is 6.09 Å². The van der Waals surface area contributed by atoms with Crippen molar-refractivity contribution in [2.24, 2.45) is 10.9 Å². The first-order valence-electron chi connectivity index (χ1n) is 9.45. The minimum absolute atomic E-state index is 0.0515. The van der Waals surface area contributed by atoms with Crippen LogP contribution >= 0.6 is 0 Å². The molecule has 10 heteroatoms. The highest BCUT2D eigenvalue weighted by Crippen LogP contribution is 2.37. The predicted octanol–water partition coefficient (Wildman–Crippen LogP) is 2.56. The first-order chi connectivity index (χ1) is 13.3. The molecule has 3 N–H and O–H groups in total. The lowest BCUT2D eigenvalue weighted by atomic mass is 9.93. The van der Waals surface area contributed by atoms with Crippen molar-refractivity contribution in [3.63, 3.8) is 0 Å². The molecule has 0 unspecified atom stereocenters. The Morgan fingerprint density at radius 1 is 1.41 bits per heavy atom. The number of anilines is 1. The second kappa shape index (κ2) is 7.16. The number of hydrogen-bond acceptors (Lipinski definition) is 6. The number of aliphatic imine (C=N–C) groups is 1. The molecule has 0 spiro atoms. The van der Waals surface area contributed by atoms with Gasteiger partial charge in [-0.05, 0) is 64.7 Å². The molecular weight excluding hydrogens is 399 g/mol. The summed E-state index contributed by atoms with van der Waals surface area (Å²) >= 11 is 0. The van der Waals surface area contributed by atoms with Gasteiger partial charge in [-0.25, -0.2) is 26.9 Å². The summed E-state index contributed by atoms with van der Waals surface area (Å²) in [7, 11) is -3.88. The number of nitrogen functional groups attached to an aromatic ring is 1. The second-order valence-electron chi connectivity index (χ2n) is 8.81. The molecule has 29 heavy (non-hydrogen) atoms. The smallest absolute Gasteiger partial charge is 0.414 e. The third kappa shape index (κ3) is 4.98. The molecule has 1 aliphatic heterocycles. The topological polar surface area (TPSA) is 114 Å². The molecule has 2 aliphatic rings. The van der Waals surface area contributed by atoms with Gasteiger partial charge in [-0.3, -0.25) is 5.32 Å². The molecule has 1 saturated carbocycles. The van der Waals surface area contributed by atoms with Gasteiger partial charge in [0.1, 0.15) is 17.0 Å². The van der Waals surface area contributed by atoms with E-state index >= 15 is 0 Å². The van der Waals surface area contributed by atoms with E-state index in [4.69, 9.17) is 10.5 Å². The molecule has 160 valence electrons. The summed E-state index contributed by atoms with van der Waals surface area (Å²) in [4.78, 5) is 16.8. The highest BCUT2D eigenvalue weighted by molar-refractivity contribution is 7.89. The normalized spacial score (nSPS) is 24.0. The molecule has 1 aromatic rings. The monoisotopic (exact) mass is 426 g/mol. The summed E-state index contributed by atoms with van der Waals surface area (Å²) in [5.41, 5.74) is 3.89. The van der Waals surface area contributed by atoms with Crippen molar-refractivity contribution >= 4 is 27.8 Å². The fourth-order valence-corrected chi connectivity index (χ4v) is 5.07. The molecule has 1 aromatic carbocycles. The van der Waals surface area contributed by atoms with E-state index in [0.29, 0.717) is 0 Å². The van der Waals surface area contributed by atoms with Crippen LogP contribution in [-0.4, -0.2) is 42.7 Å². The highest BCUT2D eigenvalue weighted by Gasteiger charge is 2.45. The highest BCUT2D eigenvalue weighted by atomic mass is 32.2. The summed E-state index contributed by atoms with van der Waals surface area (Å²) in [6.45, 7) is 6.81. The van der Waals surface area contributed by atoms with Crippen LogP contribution in [-0.2, 0) is 20.3 Å². The number of halogens is 1. The molecular formula is C19H27FN4O4S. The van der Waals surface area contributed by atoms with E-state index in [2.05, 4.69) is 10.3 Å². The molecule has 1 aliphatic carbocycles. The number of amides is 1. The molecule has 3 rings (SSSR count). The van der Waals surface area contributed by atoms with Gasteiger partial charge in [0.05, 0.1) is 5.75 Å². The average Bonchev–Trinajstić information content (AvgIpc) is 3.35. The van der Waals surface area contributed by atoms with Gasteiger partial charge in [-0.2, -0.15) is 0 Å². The maximum atomic E-state index is 14.5. The first kappa shape index (κ1) is 21.4. The van der Waals surface area contributed by atoms with Gasteiger partial charge < -0.3 is 10.5 Å². The predicted molar refractivity (Wildman–Crippen MR) is 108 cm³/mol. The van der Waals surface area contributed by atoms with Gasteiger partial charge in [0.2, 0.25) is 16.0 Å². The lowest BCUT2D eigenvalue weighted by Gasteiger charge is -2.37. The minimum Gasteiger partial charge on any atom is -0.444 e. The maximum absolute atomic E-state index is 14.5. The van der Waals surface area contributed by atoms with Gasteiger partial charge in [0, 0.05) is 17.8 Å². The van der Waals surface area contributed by atoms with Gasteiger partial charge in [-0.1, -0.05) is 0 Å². The summed E-state index contributed by atoms with van der Waals surface area (Å²) in [5, 5.41) is 2.46. The Morgan fingerprint density at radius 2 is 2.07 bits per heavy atom. The van der Waals surface area contributed by atoms with Crippen LogP contribution in [0.25, 0.3) is 0 Å². The number of nitrogens with two attached hydrogens (primary N) is 1. The van der Waals surface area contributed by atoms with Gasteiger partial charge in [0.15, 0.2) is 0 Å². The van der Waals surface area contributed by atoms with Crippen molar-refractivity contribution < 1.29 is 22.3 Å². The Labute approximate surface area is 170 Å². The number of alkyl carbamates (subject to hydrolysis) is 1. The fraction of sp³-hybridized carbons (Fsp3) is 0.579. The largest absolute Gasteiger partial charge is 0.444 e. The number of carbonyl (C=O) groups excluding carboxylic acids is 1. The van der Waals surface area contributed by atoms with Crippen LogP contribution in [0, 0.1) is 11.7 Å². The molecule has 8 nitrogen and oxygen atoms in total. The third-order valence-corrected chi connectivity index (χ3v) is 6.61. The van der Waals surface area contributed by atoms with Crippen LogP contribution in [0.3, 0.4) is 0 Å². The van der Waals surface area contributed by atoms with Crippen LogP contribution in [0.4, 0.5) is 14.9 Å². The van der Waals surface area contributed by atoms with E-state index < -0.39 is 38.8 Å². The van der Waals surface area contributed by atoms with E-state index in [-0.39, 0.29) is 29.7 Å². The van der Waals surface area contributed by atoms with Crippen LogP contribution in [0.15, 0.2) is 23.2 Å². The van der Waals surface area contributed by atoms with E-state index in [1.54, 1.807) is 20.8 Å². The quantitative estimate of drug-likeness (QED) is 0.721. The molecule has 1 fully saturated rings. The molecule has 0 bridgehead atoms. The Kier molecular flexibility index (Phi) is 5.27. The van der Waals surface area contributed by atoms with Crippen molar-refractivity contribution in [3.05, 3.63) is 29.6 Å². The van der Waals surface area contributed by atoms with E-state index in [9.17, 15) is 17.6 Å². The summed E-state index contributed by atoms with van der Waals surface area (Å²) in [6, 6.07) is 3.94. The molecule has 0 radical (unpaired) electrons. The average molecular weight is 427 g/mol. The van der Waals surface area contributed by atoms with Crippen molar-refractivity contribution in [2.45, 2.75) is 51.7 Å². The van der Waals surface area contributed by atoms with Crippen molar-refractivity contribution in [1.82, 2.24) is 9.62 Å². The van der Waals surface area contributed by atoms with Gasteiger partial charge in [-0.15, -0.1) is 0 Å². The van der Waals surface area contributed by atoms with E-state index in [1.807, 2.05) is 0 Å². The van der Waals surface area contributed by atoms with Crippen molar-refractivity contribution in [3.8, 4) is 0 Å². The van der Waals surface area contributed by atoms with Crippen LogP contribution < -0.4 is 11.1 Å². The Balaban J connectivity index is 2.04. The Morgan fingerprint density at radius 3 is 2.66 bits per heavy atom. The fourth-order valence-electron chi connectivity index (χ4n) is 3.20. The Bertz CT molecular complexity index is 953. The third-order valence-electron chi connectivity index (χ3n) is 4.69. The SMILES string of the molecule is CC(C)(C)OC(=O)NC1=N[C@](C)(c2cc(N)ccc2F)CS(=O)(=O)N1CC1CC1. The van der Waals surface area contributed by atoms with Crippen LogP contribution in [0.2, 0.25) is 0 Å². The number of ether oxygens (including phenoxy) is 1. The molecule has 0 aromatic heterocycles. The number of hydrogen-bond donors (Lipinski definition) is 2. The summed E-state index contributed by atoms with van der Waals surface area (Å²) in [6.07, 6.45) is 0.990. The summed E-state index contributed by atoms with van der Waals surface area (Å²) < 4.78 is 47.1. The van der Waals surface area contributed by atoms with Crippen LogP contribution in [0.1, 0.15) is 46.1 Å². The van der Waals surface area contributed by atoms with E-state index in [0.717, 1.165) is 17.1 Å². The molecule has 1 amide bonds. The number of nitrogens with zero attached hydrogens (tertiary/aromatic N) is 2. The van der Waals surface area contributed by atoms with Crippen molar-refractivity contribution in [1.29, 1.82) is 0 Å². The lowest BCUT2D eigenvalue weighted by Crippen LogP contribution is -2.56. The number of nitrogens with one attached hydrogen (secondary N) is 1. The number of guanidine groups is 1. The molecule has 0 saturated heterocycles. The van der Waals surface area contributed by atoms with Gasteiger partial charge in [0.25, 0.3) is 0 Å². The zero-order valence-corrected chi connectivity index (χ0v) is 17.8.